The van der Waals surface area contributed by atoms with Crippen molar-refractivity contribution in [2.45, 2.75) is 12.8 Å². The van der Waals surface area contributed by atoms with E-state index in [9.17, 15) is 4.39 Å². The van der Waals surface area contributed by atoms with Crippen LogP contribution < -0.4 is 10.6 Å². The van der Waals surface area contributed by atoms with E-state index in [-0.39, 0.29) is 5.82 Å². The third-order valence-electron chi connectivity index (χ3n) is 2.52. The van der Waals surface area contributed by atoms with Gasteiger partial charge in [0.1, 0.15) is 5.82 Å². The molecule has 2 rings (SSSR count). The molecule has 14 heavy (non-hydrogen) atoms. The summed E-state index contributed by atoms with van der Waals surface area (Å²) < 4.78 is 13.5. The molecule has 2 nitrogen and oxygen atoms in total. The molecule has 0 atom stereocenters. The van der Waals surface area contributed by atoms with E-state index in [2.05, 4.69) is 11.3 Å². The molecule has 1 aliphatic rings. The number of halogens is 1. The van der Waals surface area contributed by atoms with E-state index in [1.807, 2.05) is 0 Å². The van der Waals surface area contributed by atoms with Crippen molar-refractivity contribution in [3.8, 4) is 0 Å². The lowest BCUT2D eigenvalue weighted by molar-refractivity contribution is 0.603. The van der Waals surface area contributed by atoms with E-state index in [0.717, 1.165) is 25.9 Å². The summed E-state index contributed by atoms with van der Waals surface area (Å²) in [6, 6.07) is 4.89. The summed E-state index contributed by atoms with van der Waals surface area (Å²) in [4.78, 5) is 2.06. The number of nitrogens with zero attached hydrogens (tertiary/aromatic N) is 1. The van der Waals surface area contributed by atoms with Gasteiger partial charge in [0.25, 0.3) is 0 Å². The number of rotatable bonds is 1. The van der Waals surface area contributed by atoms with Crippen molar-refractivity contribution in [3.63, 3.8) is 0 Å². The first-order valence-corrected chi connectivity index (χ1v) is 4.89. The maximum atomic E-state index is 13.5. The number of anilines is 2. The van der Waals surface area contributed by atoms with Gasteiger partial charge < -0.3 is 10.6 Å². The van der Waals surface area contributed by atoms with Gasteiger partial charge in [-0.15, -0.1) is 0 Å². The van der Waals surface area contributed by atoms with E-state index in [1.54, 1.807) is 12.1 Å². The number of benzene rings is 1. The SMILES string of the molecule is Nc1ccc(N2CC[CH]CC2)c(F)c1. The number of hydrogen-bond donors (Lipinski definition) is 1. The zero-order valence-electron chi connectivity index (χ0n) is 8.04. The van der Waals surface area contributed by atoms with Gasteiger partial charge >= 0.3 is 0 Å². The van der Waals surface area contributed by atoms with Gasteiger partial charge in [-0.1, -0.05) is 0 Å². The molecule has 0 spiro atoms. The van der Waals surface area contributed by atoms with E-state index in [1.165, 1.54) is 6.07 Å². The standard InChI is InChI=1S/C11H14FN2/c12-10-8-9(13)4-5-11(10)14-6-2-1-3-7-14/h1,4-5,8H,2-3,6-7,13H2. The van der Waals surface area contributed by atoms with E-state index in [0.29, 0.717) is 11.4 Å². The van der Waals surface area contributed by atoms with Gasteiger partial charge in [-0.05, 0) is 37.5 Å². The third-order valence-corrected chi connectivity index (χ3v) is 2.52. The first-order chi connectivity index (χ1) is 6.77. The van der Waals surface area contributed by atoms with E-state index in [4.69, 9.17) is 5.73 Å². The number of nitrogens with two attached hydrogens (primary N) is 1. The Hall–Kier alpha value is -1.25. The number of hydrogen-bond acceptors (Lipinski definition) is 2. The Morgan fingerprint density at radius 3 is 2.57 bits per heavy atom. The Bertz CT molecular complexity index is 319. The second kappa shape index (κ2) is 3.86. The molecule has 0 unspecified atom stereocenters. The van der Waals surface area contributed by atoms with Crippen LogP contribution in [0.2, 0.25) is 0 Å². The van der Waals surface area contributed by atoms with Crippen molar-refractivity contribution in [2.24, 2.45) is 0 Å². The van der Waals surface area contributed by atoms with E-state index < -0.39 is 0 Å². The lowest BCUT2D eigenvalue weighted by atomic mass is 10.1. The molecule has 2 N–H and O–H groups in total. The second-order valence-electron chi connectivity index (χ2n) is 3.56. The predicted molar refractivity (Wildman–Crippen MR) is 56.6 cm³/mol. The van der Waals surface area contributed by atoms with Crippen molar-refractivity contribution < 1.29 is 4.39 Å². The molecular formula is C11H14FN2. The predicted octanol–water partition coefficient (Wildman–Crippen LogP) is 2.21. The van der Waals surface area contributed by atoms with Gasteiger partial charge in [0.05, 0.1) is 5.69 Å². The van der Waals surface area contributed by atoms with E-state index >= 15 is 0 Å². The molecule has 0 bridgehead atoms. The Morgan fingerprint density at radius 1 is 1.21 bits per heavy atom. The summed E-state index contributed by atoms with van der Waals surface area (Å²) in [6.07, 6.45) is 4.30. The molecule has 1 radical (unpaired) electrons. The highest BCUT2D eigenvalue weighted by molar-refractivity contribution is 5.54. The van der Waals surface area contributed by atoms with Crippen LogP contribution in [0.25, 0.3) is 0 Å². The average molecular weight is 193 g/mol. The number of nitrogen functional groups attached to an aromatic ring is 1. The highest BCUT2D eigenvalue weighted by atomic mass is 19.1. The van der Waals surface area contributed by atoms with Crippen LogP contribution in [0, 0.1) is 12.2 Å². The van der Waals surface area contributed by atoms with Crippen LogP contribution >= 0.6 is 0 Å². The fraction of sp³-hybridized carbons (Fsp3) is 0.364. The summed E-state index contributed by atoms with van der Waals surface area (Å²) in [5, 5.41) is 0. The lowest BCUT2D eigenvalue weighted by Crippen LogP contribution is -2.30. The van der Waals surface area contributed by atoms with Gasteiger partial charge in [-0.2, -0.15) is 0 Å². The van der Waals surface area contributed by atoms with Crippen molar-refractivity contribution in [3.05, 3.63) is 30.4 Å². The second-order valence-corrected chi connectivity index (χ2v) is 3.56. The normalized spacial score (nSPS) is 17.1. The summed E-state index contributed by atoms with van der Waals surface area (Å²) in [5.41, 5.74) is 6.65. The Kier molecular flexibility index (Phi) is 2.57. The van der Waals surface area contributed by atoms with Gasteiger partial charge in [0, 0.05) is 18.8 Å². The summed E-state index contributed by atoms with van der Waals surface area (Å²) in [6.45, 7) is 1.81. The van der Waals surface area contributed by atoms with Crippen molar-refractivity contribution in [2.75, 3.05) is 23.7 Å². The molecule has 1 heterocycles. The fourth-order valence-corrected chi connectivity index (χ4v) is 1.77. The Morgan fingerprint density at radius 2 is 1.93 bits per heavy atom. The number of piperidine rings is 1. The smallest absolute Gasteiger partial charge is 0.148 e. The lowest BCUT2D eigenvalue weighted by Gasteiger charge is -2.28. The minimum Gasteiger partial charge on any atom is -0.399 e. The van der Waals surface area contributed by atoms with Crippen LogP contribution in [0.4, 0.5) is 15.8 Å². The summed E-state index contributed by atoms with van der Waals surface area (Å²) in [5.74, 6) is -0.216. The molecule has 0 saturated carbocycles. The molecule has 1 fully saturated rings. The van der Waals surface area contributed by atoms with Gasteiger partial charge in [-0.3, -0.25) is 0 Å². The largest absolute Gasteiger partial charge is 0.399 e. The van der Waals surface area contributed by atoms with Crippen LogP contribution in [0.15, 0.2) is 18.2 Å². The third kappa shape index (κ3) is 1.81. The van der Waals surface area contributed by atoms with Gasteiger partial charge in [0.2, 0.25) is 0 Å². The van der Waals surface area contributed by atoms with Crippen molar-refractivity contribution >= 4 is 11.4 Å². The minimum atomic E-state index is -0.216. The molecule has 0 aliphatic carbocycles. The fourth-order valence-electron chi connectivity index (χ4n) is 1.77. The summed E-state index contributed by atoms with van der Waals surface area (Å²) in [7, 11) is 0. The zero-order chi connectivity index (χ0) is 9.97. The molecule has 0 aromatic heterocycles. The molecular weight excluding hydrogens is 179 g/mol. The molecule has 1 saturated heterocycles. The minimum absolute atomic E-state index is 0.216. The highest BCUT2D eigenvalue weighted by Crippen LogP contribution is 2.24. The zero-order valence-corrected chi connectivity index (χ0v) is 8.04. The molecule has 75 valence electrons. The Balaban J connectivity index is 2.22. The summed E-state index contributed by atoms with van der Waals surface area (Å²) >= 11 is 0. The maximum absolute atomic E-state index is 13.5. The average Bonchev–Trinajstić information content (AvgIpc) is 2.19. The van der Waals surface area contributed by atoms with Crippen LogP contribution in [0.3, 0.4) is 0 Å². The van der Waals surface area contributed by atoms with Crippen molar-refractivity contribution in [1.29, 1.82) is 0 Å². The van der Waals surface area contributed by atoms with Crippen LogP contribution in [-0.2, 0) is 0 Å². The van der Waals surface area contributed by atoms with Gasteiger partial charge in [-0.25, -0.2) is 4.39 Å². The first-order valence-electron chi connectivity index (χ1n) is 4.89. The molecule has 1 aromatic carbocycles. The topological polar surface area (TPSA) is 29.3 Å². The quantitative estimate of drug-likeness (QED) is 0.693. The van der Waals surface area contributed by atoms with Gasteiger partial charge in [0.15, 0.2) is 0 Å². The van der Waals surface area contributed by atoms with Crippen LogP contribution in [0.5, 0.6) is 0 Å². The van der Waals surface area contributed by atoms with Crippen molar-refractivity contribution in [1.82, 2.24) is 0 Å². The monoisotopic (exact) mass is 193 g/mol. The molecule has 1 aromatic rings. The maximum Gasteiger partial charge on any atom is 0.148 e. The van der Waals surface area contributed by atoms with Crippen LogP contribution in [0.1, 0.15) is 12.8 Å². The highest BCUT2D eigenvalue weighted by Gasteiger charge is 2.14. The molecule has 1 aliphatic heterocycles. The van der Waals surface area contributed by atoms with Crippen LogP contribution in [-0.4, -0.2) is 13.1 Å². The molecule has 0 amide bonds. The first kappa shape index (κ1) is 9.31. The Labute approximate surface area is 83.5 Å². The molecule has 3 heteroatoms.